The van der Waals surface area contributed by atoms with Crippen LogP contribution in [-0.4, -0.2) is 37.1 Å². The Labute approximate surface area is 212 Å². The van der Waals surface area contributed by atoms with Crippen LogP contribution in [0.5, 0.6) is 5.75 Å². The van der Waals surface area contributed by atoms with E-state index >= 15 is 0 Å². The quantitative estimate of drug-likeness (QED) is 0.375. The van der Waals surface area contributed by atoms with Crippen molar-refractivity contribution in [2.45, 2.75) is 26.0 Å². The highest BCUT2D eigenvalue weighted by atomic mass is 35.5. The number of carbonyl (C=O) groups excluding carboxylic acids is 2. The van der Waals surface area contributed by atoms with Crippen molar-refractivity contribution in [2.24, 2.45) is 0 Å². The first kappa shape index (κ1) is 26.7. The molecule has 2 N–H and O–H groups in total. The van der Waals surface area contributed by atoms with Crippen LogP contribution in [0.4, 0.5) is 10.5 Å². The van der Waals surface area contributed by atoms with Crippen molar-refractivity contribution in [1.82, 2.24) is 9.88 Å². The predicted octanol–water partition coefficient (Wildman–Crippen LogP) is 2.38. The van der Waals surface area contributed by atoms with Crippen molar-refractivity contribution >= 4 is 29.3 Å². The second kappa shape index (κ2) is 12.7. The number of ether oxygens (including phenoxy) is 3. The van der Waals surface area contributed by atoms with Gasteiger partial charge in [0.25, 0.3) is 5.91 Å². The maximum Gasteiger partial charge on any atom is 0.272 e. The highest BCUT2D eigenvalue weighted by Crippen LogP contribution is 2.21. The Kier molecular flexibility index (Phi) is 9.46. The molecule has 10 nitrogen and oxygen atoms in total. The molecule has 0 unspecified atom stereocenters. The summed E-state index contributed by atoms with van der Waals surface area (Å²) in [6, 6.07) is 15.9. The van der Waals surface area contributed by atoms with Crippen LogP contribution in [0.2, 0.25) is 5.02 Å². The molecule has 190 valence electrons. The van der Waals surface area contributed by atoms with Crippen LogP contribution in [-0.2, 0) is 29.2 Å². The van der Waals surface area contributed by atoms with Crippen molar-refractivity contribution in [2.75, 3.05) is 19.5 Å². The van der Waals surface area contributed by atoms with Gasteiger partial charge in [0.05, 0.1) is 6.54 Å². The van der Waals surface area contributed by atoms with Crippen molar-refractivity contribution in [1.29, 1.82) is 0 Å². The Morgan fingerprint density at radius 1 is 1.06 bits per heavy atom. The van der Waals surface area contributed by atoms with Gasteiger partial charge in [0.1, 0.15) is 18.4 Å². The number of nitrogens with one attached hydrogen (secondary N) is 2. The van der Waals surface area contributed by atoms with Crippen LogP contribution < -0.4 is 25.9 Å². The molecule has 3 rings (SSSR count). The standard InChI is InChI=1S/C25H26ClN3O7/c1-34-20(35-2)14-29-13-19(28-25(32)33)22(30)23(36-15-16-7-4-3-5-8-16)21(29)24(31)27-12-17-9-6-10-18(26)11-17/h3-11,13,20,28H,12,14-15H2,1-2H3,(H,27,31)(H,32,33)/p-1. The molecule has 0 radical (unpaired) electrons. The lowest BCUT2D eigenvalue weighted by Gasteiger charge is -2.22. The van der Waals surface area contributed by atoms with E-state index in [1.54, 1.807) is 48.5 Å². The van der Waals surface area contributed by atoms with Crippen LogP contribution in [0.3, 0.4) is 0 Å². The van der Waals surface area contributed by atoms with Gasteiger partial charge in [0.2, 0.25) is 5.43 Å². The van der Waals surface area contributed by atoms with Crippen LogP contribution in [0.25, 0.3) is 0 Å². The summed E-state index contributed by atoms with van der Waals surface area (Å²) in [6.45, 7) is 0.0107. The molecule has 0 bridgehead atoms. The molecule has 2 aromatic carbocycles. The number of halogens is 1. The topological polar surface area (TPSA) is 131 Å². The molecular weight excluding hydrogens is 490 g/mol. The molecule has 1 aromatic heterocycles. The lowest BCUT2D eigenvalue weighted by Crippen LogP contribution is -2.35. The van der Waals surface area contributed by atoms with Crippen molar-refractivity contribution in [3.05, 3.63) is 92.9 Å². The molecule has 36 heavy (non-hydrogen) atoms. The predicted molar refractivity (Wildman–Crippen MR) is 131 cm³/mol. The lowest BCUT2D eigenvalue weighted by atomic mass is 10.2. The van der Waals surface area contributed by atoms with E-state index < -0.39 is 23.7 Å². The minimum Gasteiger partial charge on any atom is -0.530 e. The molecule has 3 aromatic rings. The van der Waals surface area contributed by atoms with Crippen molar-refractivity contribution in [3.63, 3.8) is 0 Å². The smallest absolute Gasteiger partial charge is 0.272 e. The molecule has 1 heterocycles. The summed E-state index contributed by atoms with van der Waals surface area (Å²) in [7, 11) is 2.81. The molecule has 0 atom stereocenters. The highest BCUT2D eigenvalue weighted by molar-refractivity contribution is 6.30. The fourth-order valence-corrected chi connectivity index (χ4v) is 3.61. The number of carbonyl (C=O) groups is 2. The number of hydrogen-bond acceptors (Lipinski definition) is 7. The first-order valence-corrected chi connectivity index (χ1v) is 11.2. The maximum atomic E-state index is 13.4. The van der Waals surface area contributed by atoms with Gasteiger partial charge < -0.3 is 39.3 Å². The molecule has 0 aliphatic carbocycles. The monoisotopic (exact) mass is 514 g/mol. The summed E-state index contributed by atoms with van der Waals surface area (Å²) in [4.78, 5) is 37.8. The van der Waals surface area contributed by atoms with Gasteiger partial charge in [0, 0.05) is 32.0 Å². The average Bonchev–Trinajstić information content (AvgIpc) is 2.86. The average molecular weight is 515 g/mol. The zero-order valence-electron chi connectivity index (χ0n) is 19.7. The summed E-state index contributed by atoms with van der Waals surface area (Å²) >= 11 is 6.03. The van der Waals surface area contributed by atoms with Gasteiger partial charge in [0.15, 0.2) is 17.7 Å². The zero-order valence-corrected chi connectivity index (χ0v) is 20.4. The number of anilines is 1. The molecular formula is C25H25ClN3O7-. The maximum absolute atomic E-state index is 13.4. The Bertz CT molecular complexity index is 1260. The van der Waals surface area contributed by atoms with Crippen LogP contribution in [0.15, 0.2) is 65.6 Å². The summed E-state index contributed by atoms with van der Waals surface area (Å²) < 4.78 is 17.6. The summed E-state index contributed by atoms with van der Waals surface area (Å²) in [5.74, 6) is -0.985. The van der Waals surface area contributed by atoms with Crippen molar-refractivity contribution in [3.8, 4) is 5.75 Å². The van der Waals surface area contributed by atoms with E-state index in [-0.39, 0.29) is 36.8 Å². The number of methoxy groups -OCH3 is 2. The largest absolute Gasteiger partial charge is 0.530 e. The molecule has 0 saturated carbocycles. The molecule has 0 fully saturated rings. The van der Waals surface area contributed by atoms with E-state index in [0.29, 0.717) is 5.02 Å². The Morgan fingerprint density at radius 2 is 1.75 bits per heavy atom. The summed E-state index contributed by atoms with van der Waals surface area (Å²) in [5.41, 5.74) is 0.152. The number of carboxylic acid groups (broad SMARTS) is 1. The minimum atomic E-state index is -1.69. The van der Waals surface area contributed by atoms with E-state index in [2.05, 4.69) is 5.32 Å². The van der Waals surface area contributed by atoms with Gasteiger partial charge in [-0.05, 0) is 23.3 Å². The number of benzene rings is 2. The first-order chi connectivity index (χ1) is 17.3. The third kappa shape index (κ3) is 7.08. The molecule has 0 saturated heterocycles. The normalized spacial score (nSPS) is 10.8. The van der Waals surface area contributed by atoms with Crippen molar-refractivity contribution < 1.29 is 28.9 Å². The van der Waals surface area contributed by atoms with E-state index in [1.807, 2.05) is 11.4 Å². The number of nitrogens with zero attached hydrogens (tertiary/aromatic N) is 1. The zero-order chi connectivity index (χ0) is 26.1. The molecule has 0 spiro atoms. The fourth-order valence-electron chi connectivity index (χ4n) is 3.40. The van der Waals surface area contributed by atoms with Crippen LogP contribution in [0.1, 0.15) is 21.6 Å². The third-order valence-electron chi connectivity index (χ3n) is 5.13. The van der Waals surface area contributed by atoms with E-state index in [9.17, 15) is 19.5 Å². The second-order valence-electron chi connectivity index (χ2n) is 7.60. The fraction of sp³-hybridized carbons (Fsp3) is 0.240. The minimum absolute atomic E-state index is 0.0442. The van der Waals surface area contributed by atoms with Gasteiger partial charge in [-0.25, -0.2) is 0 Å². The third-order valence-corrected chi connectivity index (χ3v) is 5.36. The SMILES string of the molecule is COC(Cn1cc(NC(=O)[O-])c(=O)c(OCc2ccccc2)c1C(=O)NCc1cccc(Cl)c1)OC. The summed E-state index contributed by atoms with van der Waals surface area (Å²) in [6.07, 6.45) is -1.34. The van der Waals surface area contributed by atoms with Gasteiger partial charge >= 0.3 is 0 Å². The molecule has 2 amide bonds. The Hall–Kier alpha value is -3.86. The summed E-state index contributed by atoms with van der Waals surface area (Å²) in [5, 5.41) is 16.4. The van der Waals surface area contributed by atoms with Gasteiger partial charge in [-0.15, -0.1) is 0 Å². The second-order valence-corrected chi connectivity index (χ2v) is 8.04. The molecule has 0 aliphatic rings. The highest BCUT2D eigenvalue weighted by Gasteiger charge is 2.25. The van der Waals surface area contributed by atoms with Gasteiger partial charge in [-0.2, -0.15) is 0 Å². The van der Waals surface area contributed by atoms with Crippen LogP contribution >= 0.6 is 11.6 Å². The van der Waals surface area contributed by atoms with E-state index in [0.717, 1.165) is 11.1 Å². The number of pyridine rings is 1. The number of hydrogen-bond donors (Lipinski definition) is 2. The van der Waals surface area contributed by atoms with E-state index in [1.165, 1.54) is 25.0 Å². The number of rotatable bonds is 11. The lowest BCUT2D eigenvalue weighted by molar-refractivity contribution is -0.242. The first-order valence-electron chi connectivity index (χ1n) is 10.8. The van der Waals surface area contributed by atoms with Gasteiger partial charge in [-0.1, -0.05) is 54.1 Å². The number of amides is 2. The molecule has 11 heteroatoms. The Balaban J connectivity index is 2.06. The van der Waals surface area contributed by atoms with Gasteiger partial charge in [-0.3, -0.25) is 9.59 Å². The van der Waals surface area contributed by atoms with E-state index in [4.69, 9.17) is 25.8 Å². The molecule has 0 aliphatic heterocycles. The Morgan fingerprint density at radius 3 is 2.39 bits per heavy atom. The number of aromatic nitrogens is 1. The van der Waals surface area contributed by atoms with Crippen LogP contribution in [0, 0.1) is 0 Å².